The summed E-state index contributed by atoms with van der Waals surface area (Å²) in [5.74, 6) is 1.08. The first-order chi connectivity index (χ1) is 31.4. The van der Waals surface area contributed by atoms with Gasteiger partial charge in [0, 0.05) is 18.7 Å². The van der Waals surface area contributed by atoms with Crippen molar-refractivity contribution in [3.05, 3.63) is 83.6 Å². The van der Waals surface area contributed by atoms with Gasteiger partial charge in [-0.25, -0.2) is 19.6 Å². The van der Waals surface area contributed by atoms with Crippen LogP contribution >= 0.6 is 0 Å². The second-order valence-electron chi connectivity index (χ2n) is 19.2. The van der Waals surface area contributed by atoms with E-state index in [-0.39, 0.29) is 41.1 Å². The van der Waals surface area contributed by atoms with Crippen molar-refractivity contribution in [2.45, 2.75) is 121 Å². The van der Waals surface area contributed by atoms with Crippen LogP contribution in [0.1, 0.15) is 120 Å². The van der Waals surface area contributed by atoms with Crippen molar-refractivity contribution in [1.29, 1.82) is 0 Å². The minimum atomic E-state index is -0.689. The number of fused-ring (bicyclic) bond motifs is 3. The number of ether oxygens (including phenoxy) is 2. The van der Waals surface area contributed by atoms with E-state index in [0.29, 0.717) is 13.1 Å². The van der Waals surface area contributed by atoms with Crippen LogP contribution in [0.5, 0.6) is 0 Å². The quantitative estimate of drug-likeness (QED) is 0.102. The molecule has 2 aliphatic carbocycles. The molecule has 4 heterocycles. The Hall–Kier alpha value is -6.18. The average Bonchev–Trinajstić information content (AvgIpc) is 4.18. The topological polar surface area (TPSA) is 175 Å². The standard InChI is InChI=1S/C51H62N8O6/c1-29(2)43(56-49(62)64-5)47(60)58-25-9-11-40(58)45-52-28-39(55-45)35-19-18-34(42-36(35)21-24-51(42)22-7-8-23-51)32-15-13-31(14-16-32)33-17-20-37-38(27-33)54-46(53-37)41-12-10-26-59(41)48(61)44(30(3)4)57-50(63)65-6/h13-20,27-30,40-41,43-44H,7-12,21-26H2,1-6H3,(H,52,55)(H,53,54)(H,56,62)(H,57,63). The first-order valence-corrected chi connectivity index (χ1v) is 23.5. The Morgan fingerprint density at radius 1 is 0.692 bits per heavy atom. The van der Waals surface area contributed by atoms with Gasteiger partial charge in [0.1, 0.15) is 23.7 Å². The van der Waals surface area contributed by atoms with Crippen molar-refractivity contribution < 1.29 is 28.7 Å². The van der Waals surface area contributed by atoms with Crippen molar-refractivity contribution in [3.8, 4) is 33.5 Å². The zero-order chi connectivity index (χ0) is 45.6. The minimum Gasteiger partial charge on any atom is -0.453 e. The molecule has 1 saturated carbocycles. The van der Waals surface area contributed by atoms with E-state index < -0.39 is 24.3 Å². The number of rotatable bonds is 11. The molecule has 342 valence electrons. The third-order valence-corrected chi connectivity index (χ3v) is 14.7. The second-order valence-corrected chi connectivity index (χ2v) is 19.2. The fourth-order valence-electron chi connectivity index (χ4n) is 11.3. The highest BCUT2D eigenvalue weighted by atomic mass is 16.5. The van der Waals surface area contributed by atoms with Crippen molar-refractivity contribution in [1.82, 2.24) is 40.4 Å². The number of imidazole rings is 2. The molecule has 65 heavy (non-hydrogen) atoms. The maximum Gasteiger partial charge on any atom is 0.407 e. The Balaban J connectivity index is 0.967. The zero-order valence-corrected chi connectivity index (χ0v) is 38.5. The van der Waals surface area contributed by atoms with Gasteiger partial charge in [-0.1, -0.05) is 83.0 Å². The Labute approximate surface area is 380 Å². The van der Waals surface area contributed by atoms with Gasteiger partial charge in [-0.15, -0.1) is 0 Å². The maximum atomic E-state index is 13.8. The summed E-state index contributed by atoms with van der Waals surface area (Å²) < 4.78 is 9.64. The van der Waals surface area contributed by atoms with E-state index >= 15 is 0 Å². The summed E-state index contributed by atoms with van der Waals surface area (Å²) in [6.07, 6.45) is 11.0. The average molecular weight is 883 g/mol. The molecule has 0 bridgehead atoms. The summed E-state index contributed by atoms with van der Waals surface area (Å²) in [7, 11) is 2.61. The summed E-state index contributed by atoms with van der Waals surface area (Å²) in [5, 5.41) is 5.48. The summed E-state index contributed by atoms with van der Waals surface area (Å²) >= 11 is 0. The van der Waals surface area contributed by atoms with E-state index in [2.05, 4.69) is 69.1 Å². The van der Waals surface area contributed by atoms with Crippen molar-refractivity contribution in [2.24, 2.45) is 11.8 Å². The monoisotopic (exact) mass is 882 g/mol. The third kappa shape index (κ3) is 8.25. The molecule has 4 aliphatic rings. The largest absolute Gasteiger partial charge is 0.453 e. The van der Waals surface area contributed by atoms with E-state index in [9.17, 15) is 19.2 Å². The molecule has 3 aromatic carbocycles. The fraction of sp³-hybridized carbons (Fsp3) is 0.490. The minimum absolute atomic E-state index is 0.103. The van der Waals surface area contributed by atoms with Crippen LogP contribution < -0.4 is 10.6 Å². The highest BCUT2D eigenvalue weighted by molar-refractivity contribution is 5.88. The summed E-state index contributed by atoms with van der Waals surface area (Å²) in [6.45, 7) is 8.90. The lowest BCUT2D eigenvalue weighted by atomic mass is 9.76. The molecular formula is C51H62N8O6. The van der Waals surface area contributed by atoms with Gasteiger partial charge in [0.15, 0.2) is 0 Å². The lowest BCUT2D eigenvalue weighted by molar-refractivity contribution is -0.136. The van der Waals surface area contributed by atoms with Gasteiger partial charge < -0.3 is 39.9 Å². The molecule has 9 rings (SSSR count). The summed E-state index contributed by atoms with van der Waals surface area (Å²) in [4.78, 5) is 72.6. The molecule has 4 unspecified atom stereocenters. The highest BCUT2D eigenvalue weighted by Crippen LogP contribution is 2.55. The van der Waals surface area contributed by atoms with Crippen LogP contribution in [0.3, 0.4) is 0 Å². The number of nitrogens with zero attached hydrogens (tertiary/aromatic N) is 4. The molecule has 14 heteroatoms. The Morgan fingerprint density at radius 2 is 1.26 bits per heavy atom. The van der Waals surface area contributed by atoms with Crippen LogP contribution in [-0.4, -0.2) is 93.1 Å². The predicted octanol–water partition coefficient (Wildman–Crippen LogP) is 9.13. The molecule has 14 nitrogen and oxygen atoms in total. The number of hydrogen-bond acceptors (Lipinski definition) is 8. The second kappa shape index (κ2) is 18.0. The first-order valence-electron chi connectivity index (χ1n) is 23.5. The van der Waals surface area contributed by atoms with Crippen LogP contribution in [-0.2, 0) is 30.9 Å². The molecule has 2 aromatic heterocycles. The molecular weight excluding hydrogens is 821 g/mol. The number of likely N-dealkylation sites (tertiary alicyclic amines) is 2. The first kappa shape index (κ1) is 44.0. The molecule has 4 N–H and O–H groups in total. The Morgan fingerprint density at radius 3 is 1.86 bits per heavy atom. The van der Waals surface area contributed by atoms with Gasteiger partial charge >= 0.3 is 12.2 Å². The van der Waals surface area contributed by atoms with Crippen molar-refractivity contribution >= 4 is 35.0 Å². The van der Waals surface area contributed by atoms with Gasteiger partial charge in [-0.05, 0) is 114 Å². The Bertz CT molecular complexity index is 2590. The number of aromatic amines is 2. The maximum absolute atomic E-state index is 13.8. The number of carbonyl (C=O) groups excluding carboxylic acids is 4. The molecule has 1 spiro atoms. The van der Waals surface area contributed by atoms with Crippen molar-refractivity contribution in [3.63, 3.8) is 0 Å². The SMILES string of the molecule is COC(=O)NC(C(=O)N1CCCC1c1ncc(-c2ccc(-c3ccc(-c4ccc5nc(C6CCCN6C(=O)C(NC(=O)OC)C(C)C)[nH]c5c4)cc3)c3c2CCC32CCCC2)[nH]1)C(C)C. The van der Waals surface area contributed by atoms with Crippen LogP contribution in [0.15, 0.2) is 60.8 Å². The van der Waals surface area contributed by atoms with Gasteiger partial charge in [-0.3, -0.25) is 9.59 Å². The normalized spacial score (nSPS) is 19.9. The molecule has 2 aliphatic heterocycles. The van der Waals surface area contributed by atoms with Gasteiger partial charge in [-0.2, -0.15) is 0 Å². The summed E-state index contributed by atoms with van der Waals surface area (Å²) in [6, 6.07) is 18.0. The zero-order valence-electron chi connectivity index (χ0n) is 38.5. The number of methoxy groups -OCH3 is 2. The molecule has 0 radical (unpaired) electrons. The molecule has 2 saturated heterocycles. The van der Waals surface area contributed by atoms with E-state index in [1.54, 1.807) is 0 Å². The summed E-state index contributed by atoms with van der Waals surface area (Å²) in [5.41, 5.74) is 11.6. The smallest absolute Gasteiger partial charge is 0.407 e. The highest BCUT2D eigenvalue weighted by Gasteiger charge is 2.44. The Kier molecular flexibility index (Phi) is 12.2. The van der Waals surface area contributed by atoms with Gasteiger partial charge in [0.05, 0.1) is 49.2 Å². The van der Waals surface area contributed by atoms with Crippen LogP contribution in [0.2, 0.25) is 0 Å². The number of carbonyl (C=O) groups is 4. The van der Waals surface area contributed by atoms with Gasteiger partial charge in [0.25, 0.3) is 0 Å². The number of aromatic nitrogens is 4. The number of amides is 4. The number of nitrogens with one attached hydrogen (secondary N) is 4. The van der Waals surface area contributed by atoms with Gasteiger partial charge in [0.2, 0.25) is 11.8 Å². The van der Waals surface area contributed by atoms with E-state index in [0.717, 1.165) is 78.0 Å². The third-order valence-electron chi connectivity index (χ3n) is 14.7. The van der Waals surface area contributed by atoms with E-state index in [4.69, 9.17) is 19.4 Å². The number of benzene rings is 3. The van der Waals surface area contributed by atoms with Crippen LogP contribution in [0.4, 0.5) is 9.59 Å². The van der Waals surface area contributed by atoms with E-state index in [1.807, 2.05) is 49.8 Å². The van der Waals surface area contributed by atoms with E-state index in [1.165, 1.54) is 67.7 Å². The fourth-order valence-corrected chi connectivity index (χ4v) is 11.3. The number of alkyl carbamates (subject to hydrolysis) is 2. The van der Waals surface area contributed by atoms with Crippen molar-refractivity contribution in [2.75, 3.05) is 27.3 Å². The number of hydrogen-bond donors (Lipinski definition) is 4. The lowest BCUT2D eigenvalue weighted by Crippen LogP contribution is -2.51. The molecule has 5 aromatic rings. The lowest BCUT2D eigenvalue weighted by Gasteiger charge is -2.30. The van der Waals surface area contributed by atoms with Crippen LogP contribution in [0, 0.1) is 11.8 Å². The predicted molar refractivity (Wildman–Crippen MR) is 249 cm³/mol. The molecule has 4 atom stereocenters. The van der Waals surface area contributed by atoms with Crippen LogP contribution in [0.25, 0.3) is 44.5 Å². The molecule has 3 fully saturated rings. The molecule has 4 amide bonds. The number of H-pyrrole nitrogens is 2.